The number of aryl methyl sites for hydroxylation is 2. The van der Waals surface area contributed by atoms with Gasteiger partial charge in [-0.05, 0) is 80.9 Å². The molecule has 0 N–H and O–H groups in total. The molecule has 4 heteroatoms. The van der Waals surface area contributed by atoms with Crippen molar-refractivity contribution < 1.29 is 9.53 Å². The monoisotopic (exact) mass is 378 g/mol. The summed E-state index contributed by atoms with van der Waals surface area (Å²) in [6.07, 6.45) is 9.10. The van der Waals surface area contributed by atoms with E-state index in [9.17, 15) is 4.79 Å². The van der Waals surface area contributed by atoms with E-state index in [-0.39, 0.29) is 5.92 Å². The average Bonchev–Trinajstić information content (AvgIpc) is 3.38. The zero-order chi connectivity index (χ0) is 19.7. The summed E-state index contributed by atoms with van der Waals surface area (Å²) in [5, 5.41) is 4.57. The fourth-order valence-corrected chi connectivity index (χ4v) is 4.97. The lowest BCUT2D eigenvalue weighted by molar-refractivity contribution is -0.119. The first-order chi connectivity index (χ1) is 13.5. The van der Waals surface area contributed by atoms with Crippen molar-refractivity contribution in [2.24, 2.45) is 11.8 Å². The lowest BCUT2D eigenvalue weighted by Crippen LogP contribution is -2.16. The molecule has 0 aliphatic heterocycles. The van der Waals surface area contributed by atoms with Gasteiger partial charge in [-0.3, -0.25) is 9.48 Å². The van der Waals surface area contributed by atoms with Crippen LogP contribution in [-0.2, 0) is 11.3 Å². The van der Waals surface area contributed by atoms with Crippen molar-refractivity contribution in [2.75, 3.05) is 7.11 Å². The summed E-state index contributed by atoms with van der Waals surface area (Å²) >= 11 is 0. The van der Waals surface area contributed by atoms with Gasteiger partial charge in [0.15, 0.2) is 5.78 Å². The number of rotatable bonds is 5. The van der Waals surface area contributed by atoms with Crippen LogP contribution >= 0.6 is 0 Å². The Morgan fingerprint density at radius 2 is 1.96 bits per heavy atom. The summed E-state index contributed by atoms with van der Waals surface area (Å²) in [6, 6.07) is 8.27. The van der Waals surface area contributed by atoms with Gasteiger partial charge in [0.25, 0.3) is 0 Å². The van der Waals surface area contributed by atoms with Crippen molar-refractivity contribution in [1.82, 2.24) is 9.78 Å². The Bertz CT molecular complexity index is 903. The van der Waals surface area contributed by atoms with Gasteiger partial charge in [0.2, 0.25) is 0 Å². The van der Waals surface area contributed by atoms with Gasteiger partial charge in [-0.2, -0.15) is 5.10 Å². The number of carbonyl (C=O) groups is 1. The molecule has 0 amide bonds. The van der Waals surface area contributed by atoms with E-state index in [0.717, 1.165) is 46.7 Å². The molecule has 0 saturated heterocycles. The average molecular weight is 379 g/mol. The Kier molecular flexibility index (Phi) is 5.38. The quantitative estimate of drug-likeness (QED) is 0.679. The van der Waals surface area contributed by atoms with Crippen LogP contribution in [0.15, 0.2) is 29.8 Å². The molecule has 1 atom stereocenters. The molecule has 0 bridgehead atoms. The van der Waals surface area contributed by atoms with Crippen molar-refractivity contribution in [1.29, 1.82) is 0 Å². The zero-order valence-corrected chi connectivity index (χ0v) is 17.2. The van der Waals surface area contributed by atoms with Crippen molar-refractivity contribution in [3.8, 4) is 5.75 Å². The molecule has 4 rings (SSSR count). The second-order valence-corrected chi connectivity index (χ2v) is 8.38. The Labute approximate surface area is 167 Å². The van der Waals surface area contributed by atoms with Gasteiger partial charge >= 0.3 is 0 Å². The van der Waals surface area contributed by atoms with Crippen molar-refractivity contribution in [3.63, 3.8) is 0 Å². The highest BCUT2D eigenvalue weighted by Gasteiger charge is 2.36. The summed E-state index contributed by atoms with van der Waals surface area (Å²) in [4.78, 5) is 12.9. The maximum absolute atomic E-state index is 12.9. The minimum absolute atomic E-state index is 0.265. The minimum atomic E-state index is 0.265. The maximum Gasteiger partial charge on any atom is 0.162 e. The zero-order valence-electron chi connectivity index (χ0n) is 17.2. The number of carbonyl (C=O) groups excluding carboxylic acids is 1. The van der Waals surface area contributed by atoms with Crippen LogP contribution in [0.3, 0.4) is 0 Å². The maximum atomic E-state index is 12.9. The molecule has 2 aliphatic rings. The number of benzene rings is 1. The number of nitrogens with zero attached hydrogens (tertiary/aromatic N) is 2. The van der Waals surface area contributed by atoms with Crippen molar-refractivity contribution in [2.45, 2.75) is 58.9 Å². The largest absolute Gasteiger partial charge is 0.496 e. The van der Waals surface area contributed by atoms with Crippen LogP contribution in [0, 0.1) is 25.7 Å². The number of aromatic nitrogens is 2. The Morgan fingerprint density at radius 3 is 2.64 bits per heavy atom. The molecule has 2 aliphatic carbocycles. The normalized spacial score (nSPS) is 21.8. The fraction of sp³-hybridized carbons (Fsp3) is 0.500. The van der Waals surface area contributed by atoms with E-state index in [1.807, 2.05) is 23.7 Å². The first-order valence-corrected chi connectivity index (χ1v) is 10.5. The molecule has 2 aromatic rings. The molecule has 2 saturated carbocycles. The summed E-state index contributed by atoms with van der Waals surface area (Å²) in [6.45, 7) is 4.74. The molecule has 0 spiro atoms. The number of ether oxygens (including phenoxy) is 1. The molecule has 0 radical (unpaired) electrons. The van der Waals surface area contributed by atoms with E-state index in [1.165, 1.54) is 25.7 Å². The van der Waals surface area contributed by atoms with Gasteiger partial charge < -0.3 is 4.74 Å². The van der Waals surface area contributed by atoms with Crippen LogP contribution in [0.4, 0.5) is 0 Å². The van der Waals surface area contributed by atoms with Gasteiger partial charge in [0.05, 0.1) is 19.3 Å². The number of Topliss-reactive ketones (excluding diaryl/α,β-unsaturated/α-hetero) is 1. The van der Waals surface area contributed by atoms with Crippen LogP contribution < -0.4 is 4.74 Å². The van der Waals surface area contributed by atoms with Gasteiger partial charge in [-0.25, -0.2) is 0 Å². The molecule has 1 aromatic heterocycles. The molecular weight excluding hydrogens is 348 g/mol. The molecule has 28 heavy (non-hydrogen) atoms. The SMILES string of the molecule is COc1ccc(C=C2CCC(C3CCCC3)C2=O)cc1Cn1nc(C)cc1C. The van der Waals surface area contributed by atoms with Gasteiger partial charge in [0.1, 0.15) is 5.75 Å². The van der Waals surface area contributed by atoms with E-state index in [2.05, 4.69) is 30.2 Å². The lowest BCUT2D eigenvalue weighted by Gasteiger charge is -2.15. The number of allylic oxidation sites excluding steroid dienone is 1. The summed E-state index contributed by atoms with van der Waals surface area (Å²) in [5.74, 6) is 2.14. The third-order valence-electron chi connectivity index (χ3n) is 6.42. The number of hydrogen-bond donors (Lipinski definition) is 0. The first kappa shape index (κ1) is 19.0. The molecule has 148 valence electrons. The van der Waals surface area contributed by atoms with Crippen LogP contribution in [0.25, 0.3) is 6.08 Å². The third-order valence-corrected chi connectivity index (χ3v) is 6.42. The van der Waals surface area contributed by atoms with Crippen LogP contribution in [-0.4, -0.2) is 22.7 Å². The van der Waals surface area contributed by atoms with Crippen LogP contribution in [0.2, 0.25) is 0 Å². The highest BCUT2D eigenvalue weighted by atomic mass is 16.5. The van der Waals surface area contributed by atoms with Crippen molar-refractivity contribution in [3.05, 3.63) is 52.4 Å². The fourth-order valence-electron chi connectivity index (χ4n) is 4.97. The summed E-state index contributed by atoms with van der Waals surface area (Å²) < 4.78 is 7.57. The third kappa shape index (κ3) is 3.78. The van der Waals surface area contributed by atoms with E-state index < -0.39 is 0 Å². The van der Waals surface area contributed by atoms with Crippen LogP contribution in [0.1, 0.15) is 61.0 Å². The highest BCUT2D eigenvalue weighted by molar-refractivity contribution is 6.03. The molecule has 1 unspecified atom stereocenters. The molecule has 1 heterocycles. The molecule has 2 fully saturated rings. The van der Waals surface area contributed by atoms with Gasteiger partial charge in [-0.1, -0.05) is 18.9 Å². The molecule has 1 aromatic carbocycles. The summed E-state index contributed by atoms with van der Waals surface area (Å²) in [7, 11) is 1.70. The lowest BCUT2D eigenvalue weighted by atomic mass is 9.88. The Hall–Kier alpha value is -2.36. The summed E-state index contributed by atoms with van der Waals surface area (Å²) in [5.41, 5.74) is 5.31. The van der Waals surface area contributed by atoms with Gasteiger partial charge in [-0.15, -0.1) is 0 Å². The highest BCUT2D eigenvalue weighted by Crippen LogP contribution is 2.41. The number of methoxy groups -OCH3 is 1. The topological polar surface area (TPSA) is 44.1 Å². The second kappa shape index (κ2) is 7.94. The van der Waals surface area contributed by atoms with Crippen LogP contribution in [0.5, 0.6) is 5.75 Å². The molecule has 4 nitrogen and oxygen atoms in total. The minimum Gasteiger partial charge on any atom is -0.496 e. The number of hydrogen-bond acceptors (Lipinski definition) is 3. The first-order valence-electron chi connectivity index (χ1n) is 10.5. The molecular formula is C24H30N2O2. The van der Waals surface area contributed by atoms with E-state index >= 15 is 0 Å². The Balaban J connectivity index is 1.57. The van der Waals surface area contributed by atoms with Gasteiger partial charge in [0, 0.05) is 17.2 Å². The number of ketones is 1. The standard InChI is InChI=1S/C24H30N2O2/c1-16-12-17(2)26(25-16)15-21-14-18(8-11-23(21)28-3)13-20-9-10-22(24(20)27)19-6-4-5-7-19/h8,11-14,19,22H,4-7,9-10,15H2,1-3H3. The predicted octanol–water partition coefficient (Wildman–Crippen LogP) is 5.11. The van der Waals surface area contributed by atoms with Crippen molar-refractivity contribution >= 4 is 11.9 Å². The van der Waals surface area contributed by atoms with E-state index in [0.29, 0.717) is 18.2 Å². The smallest absolute Gasteiger partial charge is 0.162 e. The Morgan fingerprint density at radius 1 is 1.18 bits per heavy atom. The predicted molar refractivity (Wildman–Crippen MR) is 111 cm³/mol. The van der Waals surface area contributed by atoms with E-state index in [4.69, 9.17) is 4.74 Å². The van der Waals surface area contributed by atoms with E-state index in [1.54, 1.807) is 7.11 Å². The second-order valence-electron chi connectivity index (χ2n) is 8.38.